The van der Waals surface area contributed by atoms with E-state index in [1.807, 2.05) is 19.1 Å². The Balaban J connectivity index is 0.000000201. The van der Waals surface area contributed by atoms with Crippen LogP contribution in [0.2, 0.25) is 10.0 Å². The quantitative estimate of drug-likeness (QED) is 0.197. The van der Waals surface area contributed by atoms with Crippen LogP contribution in [0, 0.1) is 0 Å². The van der Waals surface area contributed by atoms with Gasteiger partial charge in [-0.25, -0.2) is 14.8 Å². The number of hydrogen-bond acceptors (Lipinski definition) is 9. The van der Waals surface area contributed by atoms with Crippen molar-refractivity contribution in [1.82, 2.24) is 9.97 Å². The van der Waals surface area contributed by atoms with E-state index >= 15 is 0 Å². The first-order valence-corrected chi connectivity index (χ1v) is 12.6. The zero-order chi connectivity index (χ0) is 26.2. The van der Waals surface area contributed by atoms with E-state index in [0.717, 1.165) is 11.1 Å². The molecule has 4 aromatic rings. The standard InChI is InChI=1S/2C12H11ClN2O2S/c1-2-17-12(16)9-10(14)18-11(15-9)7-3-5-8(13)6-4-7;1-2-16-12-9(10(14)18)15-11(17-12)7-3-5-8(13)6-4-7/h3-6H,2,14H2,1H3;3-6H,2H2,1H3,(H2,14,18). The first-order valence-electron chi connectivity index (χ1n) is 10.6. The van der Waals surface area contributed by atoms with Gasteiger partial charge in [-0.05, 0) is 50.2 Å². The number of benzene rings is 2. The Kier molecular flexibility index (Phi) is 9.65. The monoisotopic (exact) mass is 564 g/mol. The number of halogens is 2. The topological polar surface area (TPSA) is 126 Å². The molecule has 0 bridgehead atoms. The molecule has 36 heavy (non-hydrogen) atoms. The van der Waals surface area contributed by atoms with Crippen LogP contribution in [0.15, 0.2) is 52.9 Å². The number of aromatic nitrogens is 2. The lowest BCUT2D eigenvalue weighted by molar-refractivity contribution is 0.0521. The van der Waals surface area contributed by atoms with Crippen molar-refractivity contribution in [2.75, 3.05) is 18.9 Å². The molecule has 4 N–H and O–H groups in total. The van der Waals surface area contributed by atoms with E-state index in [1.165, 1.54) is 11.3 Å². The second kappa shape index (κ2) is 12.7. The smallest absolute Gasteiger partial charge is 0.360 e. The molecule has 0 saturated carbocycles. The van der Waals surface area contributed by atoms with Crippen LogP contribution in [0.1, 0.15) is 30.0 Å². The van der Waals surface area contributed by atoms with Crippen molar-refractivity contribution in [3.05, 3.63) is 70.0 Å². The molecule has 0 spiro atoms. The number of anilines is 1. The van der Waals surface area contributed by atoms with Crippen LogP contribution in [0.3, 0.4) is 0 Å². The lowest BCUT2D eigenvalue weighted by atomic mass is 10.2. The minimum absolute atomic E-state index is 0.141. The van der Waals surface area contributed by atoms with Crippen LogP contribution in [0.25, 0.3) is 22.0 Å². The highest BCUT2D eigenvalue weighted by Gasteiger charge is 2.19. The molecular formula is C24H22Cl2N4O4S2. The normalized spacial score (nSPS) is 10.3. The van der Waals surface area contributed by atoms with Crippen molar-refractivity contribution in [3.63, 3.8) is 0 Å². The molecule has 4 rings (SSSR count). The van der Waals surface area contributed by atoms with Crippen molar-refractivity contribution in [3.8, 4) is 28.0 Å². The molecule has 0 fully saturated rings. The highest BCUT2D eigenvalue weighted by Crippen LogP contribution is 2.31. The number of nitrogen functional groups attached to an aromatic ring is 1. The molecule has 0 radical (unpaired) electrons. The Morgan fingerprint density at radius 3 is 2.08 bits per heavy atom. The van der Waals surface area contributed by atoms with Gasteiger partial charge < -0.3 is 25.4 Å². The van der Waals surface area contributed by atoms with Gasteiger partial charge in [0.1, 0.15) is 15.0 Å². The maximum atomic E-state index is 11.6. The van der Waals surface area contributed by atoms with Gasteiger partial charge in [-0.15, -0.1) is 0 Å². The second-order valence-corrected chi connectivity index (χ2v) is 9.26. The van der Waals surface area contributed by atoms with Gasteiger partial charge in [0.25, 0.3) is 0 Å². The number of esters is 1. The second-order valence-electron chi connectivity index (χ2n) is 6.92. The molecular weight excluding hydrogens is 543 g/mol. The van der Waals surface area contributed by atoms with Crippen molar-refractivity contribution in [2.45, 2.75) is 13.8 Å². The molecule has 12 heteroatoms. The summed E-state index contributed by atoms with van der Waals surface area (Å²) >= 11 is 17.8. The summed E-state index contributed by atoms with van der Waals surface area (Å²) in [5.41, 5.74) is 13.5. The van der Waals surface area contributed by atoms with Gasteiger partial charge in [0.2, 0.25) is 5.89 Å². The summed E-state index contributed by atoms with van der Waals surface area (Å²) < 4.78 is 15.7. The van der Waals surface area contributed by atoms with Gasteiger partial charge in [0.15, 0.2) is 11.4 Å². The molecule has 0 atom stereocenters. The molecule has 0 amide bonds. The SMILES string of the molecule is CCOC(=O)c1nc(-c2ccc(Cl)cc2)sc1N.CCOc1oc(-c2ccc(Cl)cc2)nc1C(N)=S. The minimum atomic E-state index is -0.494. The summed E-state index contributed by atoms with van der Waals surface area (Å²) in [5, 5.41) is 2.32. The molecule has 2 heterocycles. The van der Waals surface area contributed by atoms with Crippen molar-refractivity contribution >= 4 is 62.7 Å². The largest absolute Gasteiger partial charge is 0.464 e. The Morgan fingerprint density at radius 1 is 0.972 bits per heavy atom. The highest BCUT2D eigenvalue weighted by molar-refractivity contribution is 7.80. The first-order chi connectivity index (χ1) is 17.2. The molecule has 0 aliphatic heterocycles. The van der Waals surface area contributed by atoms with Crippen LogP contribution in [-0.2, 0) is 4.74 Å². The minimum Gasteiger partial charge on any atom is -0.464 e. The summed E-state index contributed by atoms with van der Waals surface area (Å²) in [7, 11) is 0. The van der Waals surface area contributed by atoms with E-state index in [-0.39, 0.29) is 16.6 Å². The van der Waals surface area contributed by atoms with Gasteiger partial charge >= 0.3 is 11.9 Å². The van der Waals surface area contributed by atoms with Gasteiger partial charge in [0.05, 0.1) is 13.2 Å². The van der Waals surface area contributed by atoms with Crippen LogP contribution in [0.5, 0.6) is 5.95 Å². The number of nitrogens with zero attached hydrogens (tertiary/aromatic N) is 2. The summed E-state index contributed by atoms with van der Waals surface area (Å²) in [6.45, 7) is 4.32. The van der Waals surface area contributed by atoms with Crippen molar-refractivity contribution in [2.24, 2.45) is 5.73 Å². The van der Waals surface area contributed by atoms with Crippen LogP contribution in [0.4, 0.5) is 5.00 Å². The number of oxazole rings is 1. The fourth-order valence-corrected chi connectivity index (χ4v) is 4.01. The predicted molar refractivity (Wildman–Crippen MR) is 147 cm³/mol. The number of ether oxygens (including phenoxy) is 2. The molecule has 0 saturated heterocycles. The van der Waals surface area contributed by atoms with Crippen molar-refractivity contribution in [1.29, 1.82) is 0 Å². The summed E-state index contributed by atoms with van der Waals surface area (Å²) in [6.07, 6.45) is 0. The summed E-state index contributed by atoms with van der Waals surface area (Å²) in [6, 6.07) is 14.3. The zero-order valence-electron chi connectivity index (χ0n) is 19.3. The number of carbonyl (C=O) groups excluding carboxylic acids is 1. The number of thiazole rings is 1. The Labute approximate surface area is 227 Å². The number of rotatable bonds is 7. The molecule has 2 aromatic carbocycles. The average Bonchev–Trinajstić information content (AvgIpc) is 3.45. The Morgan fingerprint density at radius 2 is 1.56 bits per heavy atom. The third-order valence-electron chi connectivity index (χ3n) is 4.41. The zero-order valence-corrected chi connectivity index (χ0v) is 22.4. The van der Waals surface area contributed by atoms with Gasteiger partial charge in [-0.3, -0.25) is 0 Å². The number of nitrogens with two attached hydrogens (primary N) is 2. The van der Waals surface area contributed by atoms with Crippen LogP contribution < -0.4 is 16.2 Å². The van der Waals surface area contributed by atoms with Crippen LogP contribution in [-0.4, -0.2) is 34.1 Å². The average molecular weight is 566 g/mol. The van der Waals surface area contributed by atoms with Gasteiger partial charge in [-0.2, -0.15) is 0 Å². The maximum absolute atomic E-state index is 11.6. The fourth-order valence-electron chi connectivity index (χ4n) is 2.80. The predicted octanol–water partition coefficient (Wildman–Crippen LogP) is 6.25. The fraction of sp³-hybridized carbons (Fsp3) is 0.167. The third kappa shape index (κ3) is 6.94. The summed E-state index contributed by atoms with van der Waals surface area (Å²) in [4.78, 5) is 20.2. The molecule has 2 aromatic heterocycles. The lowest BCUT2D eigenvalue weighted by Crippen LogP contribution is -2.11. The van der Waals surface area contributed by atoms with E-state index in [4.69, 9.17) is 60.8 Å². The maximum Gasteiger partial charge on any atom is 0.360 e. The number of thiocarbonyl (C=S) groups is 1. The Hall–Kier alpha value is -3.18. The molecule has 188 valence electrons. The first kappa shape index (κ1) is 27.4. The highest BCUT2D eigenvalue weighted by atomic mass is 35.5. The van der Waals surface area contributed by atoms with E-state index in [2.05, 4.69) is 9.97 Å². The van der Waals surface area contributed by atoms with Gasteiger partial charge in [0, 0.05) is 21.2 Å². The Bertz CT molecular complexity index is 1340. The third-order valence-corrected chi connectivity index (χ3v) is 6.04. The molecule has 0 unspecified atom stereocenters. The van der Waals surface area contributed by atoms with E-state index in [1.54, 1.807) is 43.3 Å². The summed E-state index contributed by atoms with van der Waals surface area (Å²) in [5.74, 6) is 0.152. The molecule has 0 aliphatic rings. The molecule has 8 nitrogen and oxygen atoms in total. The van der Waals surface area contributed by atoms with E-state index in [0.29, 0.717) is 44.9 Å². The van der Waals surface area contributed by atoms with Crippen LogP contribution >= 0.6 is 46.8 Å². The van der Waals surface area contributed by atoms with E-state index in [9.17, 15) is 4.79 Å². The van der Waals surface area contributed by atoms with Crippen molar-refractivity contribution < 1.29 is 18.7 Å². The molecule has 0 aliphatic carbocycles. The lowest BCUT2D eigenvalue weighted by Gasteiger charge is -1.98. The number of hydrogen-bond donors (Lipinski definition) is 2. The van der Waals surface area contributed by atoms with Gasteiger partial charge in [-0.1, -0.05) is 58.9 Å². The number of carbonyl (C=O) groups is 1. The van der Waals surface area contributed by atoms with E-state index < -0.39 is 5.97 Å².